The summed E-state index contributed by atoms with van der Waals surface area (Å²) in [5.74, 6) is 0.0892. The number of carbonyl (C=O) groups is 1. The van der Waals surface area contributed by atoms with Crippen molar-refractivity contribution in [3.63, 3.8) is 0 Å². The van der Waals surface area contributed by atoms with Crippen LogP contribution >= 0.6 is 0 Å². The van der Waals surface area contributed by atoms with Gasteiger partial charge < -0.3 is 11.1 Å². The fourth-order valence-corrected chi connectivity index (χ4v) is 2.75. The van der Waals surface area contributed by atoms with Crippen LogP contribution in [0.1, 0.15) is 36.0 Å². The quantitative estimate of drug-likeness (QED) is 0.861. The van der Waals surface area contributed by atoms with Crippen molar-refractivity contribution in [1.29, 1.82) is 0 Å². The molecule has 0 spiro atoms. The van der Waals surface area contributed by atoms with Crippen LogP contribution in [-0.4, -0.2) is 12.5 Å². The van der Waals surface area contributed by atoms with Crippen LogP contribution in [0.5, 0.6) is 0 Å². The van der Waals surface area contributed by atoms with Gasteiger partial charge >= 0.3 is 0 Å². The minimum absolute atomic E-state index is 0.0892. The number of nitrogens with one attached hydrogen (secondary N) is 1. The third kappa shape index (κ3) is 2.15. The number of benzene rings is 1. The number of aryl methyl sites for hydroxylation is 3. The van der Waals surface area contributed by atoms with Crippen LogP contribution in [0.25, 0.3) is 0 Å². The van der Waals surface area contributed by atoms with Crippen LogP contribution in [0, 0.1) is 26.2 Å². The summed E-state index contributed by atoms with van der Waals surface area (Å²) in [5, 5.41) is 3.08. The van der Waals surface area contributed by atoms with Gasteiger partial charge in [0.25, 0.3) is 0 Å². The molecule has 0 bridgehead atoms. The van der Waals surface area contributed by atoms with Crippen LogP contribution in [0.15, 0.2) is 12.1 Å². The third-order valence-electron chi connectivity index (χ3n) is 4.10. The molecule has 0 radical (unpaired) electrons. The lowest BCUT2D eigenvalue weighted by Crippen LogP contribution is -2.47. The van der Waals surface area contributed by atoms with E-state index in [4.69, 9.17) is 5.73 Å². The molecule has 0 aliphatic heterocycles. The molecule has 0 atom stereocenters. The molecule has 18 heavy (non-hydrogen) atoms. The van der Waals surface area contributed by atoms with E-state index in [2.05, 4.69) is 24.4 Å². The van der Waals surface area contributed by atoms with E-state index < -0.39 is 0 Å². The van der Waals surface area contributed by atoms with E-state index in [-0.39, 0.29) is 11.3 Å². The summed E-state index contributed by atoms with van der Waals surface area (Å²) in [6.45, 7) is 6.58. The van der Waals surface area contributed by atoms with E-state index in [1.54, 1.807) is 0 Å². The van der Waals surface area contributed by atoms with Crippen molar-refractivity contribution in [2.24, 2.45) is 11.1 Å². The smallest absolute Gasteiger partial charge is 0.231 e. The monoisotopic (exact) mass is 246 g/mol. The van der Waals surface area contributed by atoms with Gasteiger partial charge in [-0.2, -0.15) is 0 Å². The standard InChI is InChI=1S/C15H22N2O/c1-10-7-11(2)13(12(3)8-10)17-14(18)15(9-16)5-4-6-15/h7-8H,4-6,9,16H2,1-3H3,(H,17,18). The molecule has 0 unspecified atom stereocenters. The normalized spacial score (nSPS) is 17.1. The molecule has 1 amide bonds. The lowest BCUT2D eigenvalue weighted by molar-refractivity contribution is -0.129. The Hall–Kier alpha value is -1.35. The van der Waals surface area contributed by atoms with Crippen molar-refractivity contribution >= 4 is 11.6 Å². The summed E-state index contributed by atoms with van der Waals surface area (Å²) < 4.78 is 0. The maximum Gasteiger partial charge on any atom is 0.231 e. The first-order valence-corrected chi connectivity index (χ1v) is 6.58. The zero-order valence-electron chi connectivity index (χ0n) is 11.5. The second-order valence-electron chi connectivity index (χ2n) is 5.57. The van der Waals surface area contributed by atoms with Gasteiger partial charge in [-0.1, -0.05) is 24.1 Å². The molecule has 1 aliphatic rings. The Bertz CT molecular complexity index is 447. The lowest BCUT2D eigenvalue weighted by atomic mass is 9.68. The molecule has 1 aliphatic carbocycles. The number of rotatable bonds is 3. The van der Waals surface area contributed by atoms with E-state index in [0.717, 1.165) is 36.1 Å². The van der Waals surface area contributed by atoms with Crippen molar-refractivity contribution in [2.75, 3.05) is 11.9 Å². The van der Waals surface area contributed by atoms with Gasteiger partial charge in [-0.25, -0.2) is 0 Å². The van der Waals surface area contributed by atoms with Crippen LogP contribution < -0.4 is 11.1 Å². The van der Waals surface area contributed by atoms with Crippen molar-refractivity contribution < 1.29 is 4.79 Å². The molecule has 1 aromatic rings. The third-order valence-corrected chi connectivity index (χ3v) is 4.10. The van der Waals surface area contributed by atoms with Crippen molar-refractivity contribution in [3.05, 3.63) is 28.8 Å². The van der Waals surface area contributed by atoms with Gasteiger partial charge in [-0.05, 0) is 44.7 Å². The first-order chi connectivity index (χ1) is 8.48. The summed E-state index contributed by atoms with van der Waals surface area (Å²) >= 11 is 0. The highest BCUT2D eigenvalue weighted by atomic mass is 16.2. The molecule has 0 saturated heterocycles. The average Bonchev–Trinajstić information content (AvgIpc) is 2.22. The highest BCUT2D eigenvalue weighted by Gasteiger charge is 2.42. The highest BCUT2D eigenvalue weighted by molar-refractivity contribution is 5.97. The molecule has 3 nitrogen and oxygen atoms in total. The van der Waals surface area contributed by atoms with Gasteiger partial charge in [-0.3, -0.25) is 4.79 Å². The molecule has 0 heterocycles. The van der Waals surface area contributed by atoms with Gasteiger partial charge in [0, 0.05) is 12.2 Å². The number of anilines is 1. The Morgan fingerprint density at radius 1 is 1.28 bits per heavy atom. The summed E-state index contributed by atoms with van der Waals surface area (Å²) in [5.41, 5.74) is 9.85. The van der Waals surface area contributed by atoms with E-state index in [9.17, 15) is 4.79 Å². The predicted molar refractivity (Wildman–Crippen MR) is 74.6 cm³/mol. The average molecular weight is 246 g/mol. The van der Waals surface area contributed by atoms with Gasteiger partial charge in [-0.15, -0.1) is 0 Å². The van der Waals surface area contributed by atoms with Gasteiger partial charge in [0.15, 0.2) is 0 Å². The van der Waals surface area contributed by atoms with Crippen molar-refractivity contribution in [1.82, 2.24) is 0 Å². The Kier molecular flexibility index (Phi) is 3.44. The van der Waals surface area contributed by atoms with Crippen LogP contribution in [0.4, 0.5) is 5.69 Å². The molecule has 1 saturated carbocycles. The summed E-state index contributed by atoms with van der Waals surface area (Å²) in [6.07, 6.45) is 2.94. The fraction of sp³-hybridized carbons (Fsp3) is 0.533. The molecule has 2 rings (SSSR count). The second-order valence-corrected chi connectivity index (χ2v) is 5.57. The summed E-state index contributed by atoms with van der Waals surface area (Å²) in [7, 11) is 0. The van der Waals surface area contributed by atoms with E-state index in [0.29, 0.717) is 6.54 Å². The minimum atomic E-state index is -0.316. The second kappa shape index (κ2) is 4.73. The zero-order valence-corrected chi connectivity index (χ0v) is 11.5. The number of amides is 1. The summed E-state index contributed by atoms with van der Waals surface area (Å²) in [4.78, 5) is 12.3. The number of nitrogens with two attached hydrogens (primary N) is 1. The molecule has 0 aromatic heterocycles. The molecule has 1 aromatic carbocycles. The Balaban J connectivity index is 2.22. The largest absolute Gasteiger partial charge is 0.329 e. The van der Waals surface area contributed by atoms with Crippen molar-refractivity contribution in [3.8, 4) is 0 Å². The van der Waals surface area contributed by atoms with Crippen molar-refractivity contribution in [2.45, 2.75) is 40.0 Å². The van der Waals surface area contributed by atoms with Crippen LogP contribution in [-0.2, 0) is 4.79 Å². The topological polar surface area (TPSA) is 55.1 Å². The first kappa shape index (κ1) is 13.1. The van der Waals surface area contributed by atoms with E-state index in [1.165, 1.54) is 5.56 Å². The minimum Gasteiger partial charge on any atom is -0.329 e. The molecular formula is C15H22N2O. The SMILES string of the molecule is Cc1cc(C)c(NC(=O)C2(CN)CCC2)c(C)c1. The summed E-state index contributed by atoms with van der Waals surface area (Å²) in [6, 6.07) is 4.19. The Morgan fingerprint density at radius 2 is 1.83 bits per heavy atom. The number of hydrogen-bond acceptors (Lipinski definition) is 2. The predicted octanol–water partition coefficient (Wildman–Crippen LogP) is 2.68. The maximum absolute atomic E-state index is 12.3. The molecule has 1 fully saturated rings. The molecule has 98 valence electrons. The number of carbonyl (C=O) groups excluding carboxylic acids is 1. The van der Waals surface area contributed by atoms with Gasteiger partial charge in [0.1, 0.15) is 0 Å². The molecule has 3 heteroatoms. The number of hydrogen-bond donors (Lipinski definition) is 2. The highest BCUT2D eigenvalue weighted by Crippen LogP contribution is 2.41. The van der Waals surface area contributed by atoms with E-state index in [1.807, 2.05) is 13.8 Å². The Labute approximate surface area is 109 Å². The van der Waals surface area contributed by atoms with Gasteiger partial charge in [0.2, 0.25) is 5.91 Å². The zero-order chi connectivity index (χ0) is 13.3. The fourth-order valence-electron chi connectivity index (χ4n) is 2.75. The van der Waals surface area contributed by atoms with Gasteiger partial charge in [0.05, 0.1) is 5.41 Å². The first-order valence-electron chi connectivity index (χ1n) is 6.58. The maximum atomic E-state index is 12.3. The van der Waals surface area contributed by atoms with Crippen LogP contribution in [0.3, 0.4) is 0 Å². The molecule has 3 N–H and O–H groups in total. The van der Waals surface area contributed by atoms with E-state index >= 15 is 0 Å². The Morgan fingerprint density at radius 3 is 2.22 bits per heavy atom. The van der Waals surface area contributed by atoms with Crippen LogP contribution in [0.2, 0.25) is 0 Å². The molecular weight excluding hydrogens is 224 g/mol. The lowest BCUT2D eigenvalue weighted by Gasteiger charge is -2.39.